The van der Waals surface area contributed by atoms with Crippen LogP contribution in [0.3, 0.4) is 0 Å². The van der Waals surface area contributed by atoms with Crippen LogP contribution >= 0.6 is 0 Å². The van der Waals surface area contributed by atoms with Gasteiger partial charge in [-0.1, -0.05) is 72.8 Å². The van der Waals surface area contributed by atoms with Crippen LogP contribution in [0.1, 0.15) is 39.5 Å². The number of ether oxygens (including phenoxy) is 1. The number of carbonyl (C=O) groups is 1. The molecule has 32 heavy (non-hydrogen) atoms. The lowest BCUT2D eigenvalue weighted by Crippen LogP contribution is -2.15. The Hall–Kier alpha value is -3.72. The minimum absolute atomic E-state index is 0.316. The van der Waals surface area contributed by atoms with Gasteiger partial charge in [-0.3, -0.25) is 4.98 Å². The van der Waals surface area contributed by atoms with Crippen molar-refractivity contribution in [3.8, 4) is 0 Å². The summed E-state index contributed by atoms with van der Waals surface area (Å²) < 4.78 is 4.98. The van der Waals surface area contributed by atoms with Gasteiger partial charge < -0.3 is 4.74 Å². The molecule has 1 aromatic heterocycles. The summed E-state index contributed by atoms with van der Waals surface area (Å²) in [5.74, 6) is -0.0247. The third-order valence-corrected chi connectivity index (χ3v) is 6.97. The fourth-order valence-corrected chi connectivity index (χ4v) is 5.40. The summed E-state index contributed by atoms with van der Waals surface area (Å²) in [7, 11) is 1.41. The monoisotopic (exact) mass is 417 g/mol. The average Bonchev–Trinajstić information content (AvgIpc) is 2.87. The second-order valence-electron chi connectivity index (χ2n) is 8.62. The fourth-order valence-electron chi connectivity index (χ4n) is 5.40. The molecule has 0 radical (unpaired) electrons. The normalized spacial score (nSPS) is 15.7. The van der Waals surface area contributed by atoms with Crippen LogP contribution in [0.4, 0.5) is 0 Å². The van der Waals surface area contributed by atoms with Gasteiger partial charge in [0.05, 0.1) is 18.4 Å². The fraction of sp³-hybridized carbons (Fsp3) is 0.172. The highest BCUT2D eigenvalue weighted by molar-refractivity contribution is 6.09. The topological polar surface area (TPSA) is 39.2 Å². The number of benzene rings is 4. The smallest absolute Gasteiger partial charge is 0.340 e. The third kappa shape index (κ3) is 2.89. The van der Waals surface area contributed by atoms with Crippen LogP contribution in [0.2, 0.25) is 0 Å². The molecule has 1 aliphatic carbocycles. The van der Waals surface area contributed by atoms with Crippen LogP contribution < -0.4 is 0 Å². The van der Waals surface area contributed by atoms with Gasteiger partial charge in [-0.15, -0.1) is 0 Å². The number of methoxy groups -OCH3 is 1. The highest BCUT2D eigenvalue weighted by atomic mass is 16.5. The Morgan fingerprint density at radius 3 is 2.44 bits per heavy atom. The first-order chi connectivity index (χ1) is 15.7. The van der Waals surface area contributed by atoms with Crippen molar-refractivity contribution < 1.29 is 9.53 Å². The summed E-state index contributed by atoms with van der Waals surface area (Å²) in [5.41, 5.74) is 4.49. The molecule has 0 amide bonds. The maximum Gasteiger partial charge on any atom is 0.340 e. The molecule has 0 saturated heterocycles. The van der Waals surface area contributed by atoms with Crippen molar-refractivity contribution in [1.82, 2.24) is 4.98 Å². The number of nitrogens with zero attached hydrogens (tertiary/aromatic N) is 1. The Morgan fingerprint density at radius 1 is 0.844 bits per heavy atom. The van der Waals surface area contributed by atoms with E-state index in [-0.39, 0.29) is 5.97 Å². The largest absolute Gasteiger partial charge is 0.465 e. The molecule has 6 rings (SSSR count). The predicted octanol–water partition coefficient (Wildman–Crippen LogP) is 6.60. The molecular formula is C29H23NO2. The molecule has 3 nitrogen and oxygen atoms in total. The van der Waals surface area contributed by atoms with Crippen LogP contribution in [0.5, 0.6) is 0 Å². The van der Waals surface area contributed by atoms with Crippen molar-refractivity contribution in [3.63, 3.8) is 0 Å². The molecule has 4 aromatic carbocycles. The lowest BCUT2D eigenvalue weighted by molar-refractivity contribution is 0.0602. The molecule has 0 saturated carbocycles. The second kappa shape index (κ2) is 7.45. The minimum Gasteiger partial charge on any atom is -0.465 e. The van der Waals surface area contributed by atoms with E-state index in [4.69, 9.17) is 9.72 Å². The van der Waals surface area contributed by atoms with E-state index in [1.165, 1.54) is 39.8 Å². The highest BCUT2D eigenvalue weighted by Crippen LogP contribution is 2.39. The van der Waals surface area contributed by atoms with E-state index in [0.29, 0.717) is 11.5 Å². The van der Waals surface area contributed by atoms with E-state index in [9.17, 15) is 4.79 Å². The molecule has 1 atom stereocenters. The summed E-state index contributed by atoms with van der Waals surface area (Å²) in [5, 5.41) is 7.22. The number of hydrogen-bond acceptors (Lipinski definition) is 3. The quantitative estimate of drug-likeness (QED) is 0.240. The number of esters is 1. The van der Waals surface area contributed by atoms with Gasteiger partial charge in [-0.25, -0.2) is 4.79 Å². The van der Waals surface area contributed by atoms with Gasteiger partial charge in [-0.05, 0) is 57.3 Å². The summed E-state index contributed by atoms with van der Waals surface area (Å²) in [6, 6.07) is 25.8. The van der Waals surface area contributed by atoms with E-state index >= 15 is 0 Å². The van der Waals surface area contributed by atoms with Crippen molar-refractivity contribution in [2.24, 2.45) is 0 Å². The molecule has 3 heteroatoms. The van der Waals surface area contributed by atoms with Crippen LogP contribution in [-0.2, 0) is 17.6 Å². The Balaban J connectivity index is 1.49. The van der Waals surface area contributed by atoms with Gasteiger partial charge in [0.25, 0.3) is 0 Å². The molecule has 0 aliphatic heterocycles. The number of carbonyl (C=O) groups excluding carboxylic acids is 1. The highest BCUT2D eigenvalue weighted by Gasteiger charge is 2.26. The summed E-state index contributed by atoms with van der Waals surface area (Å²) in [4.78, 5) is 17.1. The van der Waals surface area contributed by atoms with Crippen molar-refractivity contribution >= 4 is 38.3 Å². The minimum atomic E-state index is -0.341. The first kappa shape index (κ1) is 19.0. The van der Waals surface area contributed by atoms with E-state index in [2.05, 4.69) is 54.6 Å². The van der Waals surface area contributed by atoms with Crippen LogP contribution in [0, 0.1) is 0 Å². The molecular weight excluding hydrogens is 394 g/mol. The van der Waals surface area contributed by atoms with Crippen molar-refractivity contribution in [2.75, 3.05) is 7.11 Å². The molecule has 0 bridgehead atoms. The maximum atomic E-state index is 12.3. The molecule has 1 unspecified atom stereocenters. The SMILES string of the molecule is COC(=O)c1cnc(C2CCc3ccc4c(ccc5ccccc54)c3C2)c2ccccc12. The lowest BCUT2D eigenvalue weighted by Gasteiger charge is -2.27. The van der Waals surface area contributed by atoms with E-state index in [1.807, 2.05) is 18.2 Å². The van der Waals surface area contributed by atoms with Crippen molar-refractivity contribution in [2.45, 2.75) is 25.2 Å². The molecule has 0 spiro atoms. The van der Waals surface area contributed by atoms with Gasteiger partial charge >= 0.3 is 5.97 Å². The summed E-state index contributed by atoms with van der Waals surface area (Å²) in [6.45, 7) is 0. The number of fused-ring (bicyclic) bond motifs is 6. The number of aromatic nitrogens is 1. The van der Waals surface area contributed by atoms with Gasteiger partial charge in [0.1, 0.15) is 0 Å². The van der Waals surface area contributed by atoms with Crippen LogP contribution in [-0.4, -0.2) is 18.1 Å². The van der Waals surface area contributed by atoms with Gasteiger partial charge in [0, 0.05) is 17.5 Å². The zero-order valence-electron chi connectivity index (χ0n) is 18.0. The Labute approximate surface area is 186 Å². The first-order valence-corrected chi connectivity index (χ1v) is 11.1. The number of pyridine rings is 1. The molecule has 0 N–H and O–H groups in total. The predicted molar refractivity (Wildman–Crippen MR) is 129 cm³/mol. The third-order valence-electron chi connectivity index (χ3n) is 6.97. The first-order valence-electron chi connectivity index (χ1n) is 11.1. The molecule has 5 aromatic rings. The van der Waals surface area contributed by atoms with Crippen molar-refractivity contribution in [3.05, 3.63) is 101 Å². The maximum absolute atomic E-state index is 12.3. The van der Waals surface area contributed by atoms with Gasteiger partial charge in [0.2, 0.25) is 0 Å². The zero-order chi connectivity index (χ0) is 21.7. The second-order valence-corrected chi connectivity index (χ2v) is 8.62. The van der Waals surface area contributed by atoms with E-state index in [0.717, 1.165) is 35.7 Å². The molecule has 156 valence electrons. The summed E-state index contributed by atoms with van der Waals surface area (Å²) >= 11 is 0. The van der Waals surface area contributed by atoms with Crippen LogP contribution in [0.15, 0.2) is 79.0 Å². The van der Waals surface area contributed by atoms with Crippen molar-refractivity contribution in [1.29, 1.82) is 0 Å². The standard InChI is InChI=1S/C29H23NO2/c1-32-29(31)27-17-30-28(25-9-5-4-8-22(25)27)20-11-10-19-13-14-23-21-7-3-2-6-18(21)12-15-24(23)26(19)16-20/h2-9,12-15,17,20H,10-11,16H2,1H3. The Bertz CT molecular complexity index is 1520. The molecule has 0 fully saturated rings. The average molecular weight is 418 g/mol. The van der Waals surface area contributed by atoms with E-state index < -0.39 is 0 Å². The lowest BCUT2D eigenvalue weighted by atomic mass is 9.78. The summed E-state index contributed by atoms with van der Waals surface area (Å²) in [6.07, 6.45) is 4.74. The van der Waals surface area contributed by atoms with Crippen LogP contribution in [0.25, 0.3) is 32.3 Å². The number of hydrogen-bond donors (Lipinski definition) is 0. The molecule has 1 aliphatic rings. The Kier molecular flexibility index (Phi) is 4.43. The Morgan fingerprint density at radius 2 is 1.59 bits per heavy atom. The number of rotatable bonds is 2. The van der Waals surface area contributed by atoms with Gasteiger partial charge in [0.15, 0.2) is 0 Å². The molecule has 1 heterocycles. The van der Waals surface area contributed by atoms with E-state index in [1.54, 1.807) is 6.20 Å². The number of aryl methyl sites for hydroxylation is 1. The van der Waals surface area contributed by atoms with Gasteiger partial charge in [-0.2, -0.15) is 0 Å². The zero-order valence-corrected chi connectivity index (χ0v) is 18.0.